The fourth-order valence-electron chi connectivity index (χ4n) is 6.57. The first-order valence-electron chi connectivity index (χ1n) is 17.2. The van der Waals surface area contributed by atoms with Crippen molar-refractivity contribution in [3.8, 4) is 11.5 Å². The fourth-order valence-corrected chi connectivity index (χ4v) is 6.57. The molecule has 0 atom stereocenters. The highest BCUT2D eigenvalue weighted by molar-refractivity contribution is 6.15. The molecule has 0 saturated heterocycles. The second-order valence-electron chi connectivity index (χ2n) is 12.8. The van der Waals surface area contributed by atoms with Crippen LogP contribution in [0.4, 0.5) is 22.7 Å². The molecule has 0 unspecified atom stereocenters. The summed E-state index contributed by atoms with van der Waals surface area (Å²) in [5.74, 6) is -1.19. The van der Waals surface area contributed by atoms with E-state index >= 15 is 0 Å². The predicted octanol–water partition coefficient (Wildman–Crippen LogP) is 9.69. The number of carbonyl (C=O) groups is 3. The highest BCUT2D eigenvalue weighted by Gasteiger charge is 2.22. The number of aromatic hydroxyl groups is 1. The van der Waals surface area contributed by atoms with Gasteiger partial charge in [0.15, 0.2) is 5.75 Å². The number of ether oxygens (including phenoxy) is 1. The van der Waals surface area contributed by atoms with Crippen molar-refractivity contribution in [2.45, 2.75) is 38.1 Å². The number of para-hydroxylation sites is 1. The number of amides is 3. The molecule has 3 amide bonds. The van der Waals surface area contributed by atoms with Crippen LogP contribution in [0.2, 0.25) is 0 Å². The first kappa shape index (κ1) is 33.9. The van der Waals surface area contributed by atoms with Crippen LogP contribution in [0, 0.1) is 0 Å². The standard InChI is InChI=1S/C42H37N5O5/c1-52-37-22-20-28(41(50)44-31-15-6-3-7-16-31)25-36(37)46-47-38-33-21-19-27(40(49)43-30-13-4-2-5-14-30)23-29(33)24-34(39(38)48)42(51)45-35-18-10-12-26-11-8-9-17-32(26)35/h3,6-12,15-25,30,48H,2,4-5,13-14H2,1H3,(H,43,49)(H,44,50)(H,45,51). The second kappa shape index (κ2) is 15.1. The number of anilines is 2. The molecule has 0 radical (unpaired) electrons. The molecule has 52 heavy (non-hydrogen) atoms. The zero-order valence-electron chi connectivity index (χ0n) is 28.6. The van der Waals surface area contributed by atoms with E-state index < -0.39 is 11.7 Å². The third-order valence-corrected chi connectivity index (χ3v) is 9.30. The molecular formula is C42H37N5O5. The second-order valence-corrected chi connectivity index (χ2v) is 12.8. The smallest absolute Gasteiger partial charge is 0.259 e. The third-order valence-electron chi connectivity index (χ3n) is 9.30. The molecule has 4 N–H and O–H groups in total. The number of methoxy groups -OCH3 is 1. The van der Waals surface area contributed by atoms with Crippen molar-refractivity contribution in [1.82, 2.24) is 5.32 Å². The molecule has 260 valence electrons. The van der Waals surface area contributed by atoms with E-state index in [1.807, 2.05) is 54.6 Å². The number of benzene rings is 6. The lowest BCUT2D eigenvalue weighted by molar-refractivity contribution is 0.0926. The average Bonchev–Trinajstić information content (AvgIpc) is 3.18. The number of fused-ring (bicyclic) bond motifs is 2. The van der Waals surface area contributed by atoms with Crippen LogP contribution in [0.3, 0.4) is 0 Å². The molecule has 1 saturated carbocycles. The Bertz CT molecular complexity index is 2330. The van der Waals surface area contributed by atoms with Crippen LogP contribution < -0.4 is 20.7 Å². The van der Waals surface area contributed by atoms with Gasteiger partial charge in [-0.15, -0.1) is 10.2 Å². The first-order valence-corrected chi connectivity index (χ1v) is 17.2. The highest BCUT2D eigenvalue weighted by Crippen LogP contribution is 2.41. The minimum Gasteiger partial charge on any atom is -0.505 e. The van der Waals surface area contributed by atoms with Crippen molar-refractivity contribution in [1.29, 1.82) is 0 Å². The molecule has 6 aromatic carbocycles. The van der Waals surface area contributed by atoms with E-state index in [-0.39, 0.29) is 34.8 Å². The van der Waals surface area contributed by atoms with Crippen LogP contribution in [-0.2, 0) is 0 Å². The molecule has 1 aliphatic carbocycles. The van der Waals surface area contributed by atoms with Crippen molar-refractivity contribution < 1.29 is 24.2 Å². The van der Waals surface area contributed by atoms with E-state index in [4.69, 9.17) is 4.74 Å². The molecule has 0 aliphatic heterocycles. The Morgan fingerprint density at radius 2 is 1.40 bits per heavy atom. The Morgan fingerprint density at radius 1 is 0.673 bits per heavy atom. The number of carbonyl (C=O) groups excluding carboxylic acids is 3. The lowest BCUT2D eigenvalue weighted by Gasteiger charge is -2.22. The fraction of sp³-hybridized carbons (Fsp3) is 0.167. The van der Waals surface area contributed by atoms with Crippen molar-refractivity contribution in [3.05, 3.63) is 132 Å². The van der Waals surface area contributed by atoms with Gasteiger partial charge in [-0.25, -0.2) is 0 Å². The van der Waals surface area contributed by atoms with E-state index in [9.17, 15) is 19.5 Å². The molecule has 10 heteroatoms. The summed E-state index contributed by atoms with van der Waals surface area (Å²) >= 11 is 0. The minimum atomic E-state index is -0.568. The van der Waals surface area contributed by atoms with Gasteiger partial charge in [-0.1, -0.05) is 79.9 Å². The van der Waals surface area contributed by atoms with Crippen molar-refractivity contribution in [2.24, 2.45) is 10.2 Å². The summed E-state index contributed by atoms with van der Waals surface area (Å²) in [5, 5.41) is 32.2. The summed E-state index contributed by atoms with van der Waals surface area (Å²) in [6, 6.07) is 33.8. The summed E-state index contributed by atoms with van der Waals surface area (Å²) in [6.45, 7) is 0. The molecule has 0 bridgehead atoms. The maximum atomic E-state index is 13.9. The number of rotatable bonds is 9. The van der Waals surface area contributed by atoms with E-state index in [0.717, 1.165) is 36.5 Å². The van der Waals surface area contributed by atoms with Crippen LogP contribution in [0.25, 0.3) is 21.5 Å². The molecule has 0 heterocycles. The van der Waals surface area contributed by atoms with Gasteiger partial charge in [0.25, 0.3) is 17.7 Å². The van der Waals surface area contributed by atoms with Crippen LogP contribution in [0.1, 0.15) is 63.2 Å². The van der Waals surface area contributed by atoms with Crippen LogP contribution in [0.5, 0.6) is 11.5 Å². The topological polar surface area (TPSA) is 141 Å². The number of nitrogens with zero attached hydrogens (tertiary/aromatic N) is 2. The average molecular weight is 692 g/mol. The Hall–Kier alpha value is -6.55. The molecule has 1 fully saturated rings. The number of azo groups is 1. The molecular weight excluding hydrogens is 654 g/mol. The Morgan fingerprint density at radius 3 is 2.21 bits per heavy atom. The highest BCUT2D eigenvalue weighted by atomic mass is 16.5. The van der Waals surface area contributed by atoms with Crippen LogP contribution in [0.15, 0.2) is 125 Å². The number of phenols is 1. The molecule has 0 spiro atoms. The van der Waals surface area contributed by atoms with Gasteiger partial charge < -0.3 is 25.8 Å². The van der Waals surface area contributed by atoms with Gasteiger partial charge in [0, 0.05) is 39.3 Å². The SMILES string of the molecule is COc1ccc(C(=O)Nc2ccccc2)cc1N=Nc1c(O)c(C(=O)Nc2cccc3ccccc23)cc2cc(C(=O)NC3CCCCC3)ccc12. The molecule has 0 aromatic heterocycles. The number of nitrogens with one attached hydrogen (secondary N) is 3. The maximum absolute atomic E-state index is 13.9. The quantitative estimate of drug-likeness (QED) is 0.112. The summed E-state index contributed by atoms with van der Waals surface area (Å²) in [5.41, 5.74) is 2.12. The number of hydrogen-bond acceptors (Lipinski definition) is 7. The van der Waals surface area contributed by atoms with E-state index in [1.165, 1.54) is 19.6 Å². The van der Waals surface area contributed by atoms with Gasteiger partial charge in [-0.3, -0.25) is 14.4 Å². The molecule has 7 rings (SSSR count). The predicted molar refractivity (Wildman–Crippen MR) is 203 cm³/mol. The zero-order valence-corrected chi connectivity index (χ0v) is 28.6. The Labute approximate surface area is 300 Å². The molecule has 6 aromatic rings. The third kappa shape index (κ3) is 7.32. The van der Waals surface area contributed by atoms with Crippen molar-refractivity contribution in [2.75, 3.05) is 17.7 Å². The van der Waals surface area contributed by atoms with Gasteiger partial charge in [0.1, 0.15) is 17.1 Å². The van der Waals surface area contributed by atoms with Gasteiger partial charge in [-0.2, -0.15) is 0 Å². The van der Waals surface area contributed by atoms with Gasteiger partial charge in [0.05, 0.1) is 12.7 Å². The van der Waals surface area contributed by atoms with E-state index in [2.05, 4.69) is 26.2 Å². The lowest BCUT2D eigenvalue weighted by atomic mass is 9.95. The zero-order chi connectivity index (χ0) is 36.0. The summed E-state index contributed by atoms with van der Waals surface area (Å²) in [7, 11) is 1.48. The Kier molecular flexibility index (Phi) is 9.88. The van der Waals surface area contributed by atoms with Gasteiger partial charge >= 0.3 is 0 Å². The molecule has 1 aliphatic rings. The number of phenolic OH excluding ortho intramolecular Hbond substituents is 1. The van der Waals surface area contributed by atoms with Crippen LogP contribution >= 0.6 is 0 Å². The lowest BCUT2D eigenvalue weighted by Crippen LogP contribution is -2.36. The minimum absolute atomic E-state index is 0.0148. The largest absolute Gasteiger partial charge is 0.505 e. The maximum Gasteiger partial charge on any atom is 0.259 e. The first-order chi connectivity index (χ1) is 25.4. The van der Waals surface area contributed by atoms with Gasteiger partial charge in [0.2, 0.25) is 0 Å². The van der Waals surface area contributed by atoms with Gasteiger partial charge in [-0.05, 0) is 78.2 Å². The van der Waals surface area contributed by atoms with E-state index in [0.29, 0.717) is 39.0 Å². The van der Waals surface area contributed by atoms with Crippen molar-refractivity contribution >= 4 is 62.0 Å². The van der Waals surface area contributed by atoms with Crippen molar-refractivity contribution in [3.63, 3.8) is 0 Å². The normalized spacial score (nSPS) is 13.2. The Balaban J connectivity index is 1.28. The summed E-state index contributed by atoms with van der Waals surface area (Å²) in [6.07, 6.45) is 5.21. The summed E-state index contributed by atoms with van der Waals surface area (Å²) in [4.78, 5) is 40.4. The van der Waals surface area contributed by atoms with E-state index in [1.54, 1.807) is 54.6 Å². The van der Waals surface area contributed by atoms with Crippen LogP contribution in [-0.4, -0.2) is 36.0 Å². The molecule has 10 nitrogen and oxygen atoms in total. The summed E-state index contributed by atoms with van der Waals surface area (Å²) < 4.78 is 5.52. The number of hydrogen-bond donors (Lipinski definition) is 4. The monoisotopic (exact) mass is 691 g/mol.